The zero-order valence-corrected chi connectivity index (χ0v) is 12.7. The molecule has 0 spiro atoms. The highest BCUT2D eigenvalue weighted by molar-refractivity contribution is 6.31. The van der Waals surface area contributed by atoms with Crippen molar-refractivity contribution in [1.29, 1.82) is 0 Å². The van der Waals surface area contributed by atoms with Gasteiger partial charge in [-0.2, -0.15) is 0 Å². The van der Waals surface area contributed by atoms with Crippen LogP contribution >= 0.6 is 11.6 Å². The van der Waals surface area contributed by atoms with Crippen LogP contribution in [0.5, 0.6) is 0 Å². The normalized spacial score (nSPS) is 16.2. The monoisotopic (exact) mass is 307 g/mol. The van der Waals surface area contributed by atoms with Crippen molar-refractivity contribution in [2.45, 2.75) is 12.8 Å². The zero-order chi connectivity index (χ0) is 15.1. The Morgan fingerprint density at radius 3 is 2.68 bits per heavy atom. The van der Waals surface area contributed by atoms with Gasteiger partial charge in [0, 0.05) is 21.5 Å². The summed E-state index contributed by atoms with van der Waals surface area (Å²) < 4.78 is 0. The van der Waals surface area contributed by atoms with E-state index in [4.69, 9.17) is 11.6 Å². The zero-order valence-electron chi connectivity index (χ0n) is 11.9. The highest BCUT2D eigenvalue weighted by Gasteiger charge is 2.25. The SMILES string of the molecule is O=C1/C(=C\c2ccccc2)CCc2c1[nH]c1ccc(Cl)cc21. The number of H-pyrrole nitrogens is 1. The predicted molar refractivity (Wildman–Crippen MR) is 90.4 cm³/mol. The van der Waals surface area contributed by atoms with Gasteiger partial charge in [0.2, 0.25) is 5.78 Å². The van der Waals surface area contributed by atoms with Crippen LogP contribution in [0.1, 0.15) is 28.0 Å². The highest BCUT2D eigenvalue weighted by atomic mass is 35.5. The van der Waals surface area contributed by atoms with Crippen molar-refractivity contribution in [3.63, 3.8) is 0 Å². The van der Waals surface area contributed by atoms with Crippen LogP contribution in [0, 0.1) is 0 Å². The number of hydrogen-bond donors (Lipinski definition) is 1. The summed E-state index contributed by atoms with van der Waals surface area (Å²) in [6, 6.07) is 15.7. The van der Waals surface area contributed by atoms with E-state index in [1.807, 2.05) is 54.6 Å². The van der Waals surface area contributed by atoms with E-state index in [-0.39, 0.29) is 5.78 Å². The van der Waals surface area contributed by atoms with Gasteiger partial charge in [0.25, 0.3) is 0 Å². The third-order valence-electron chi connectivity index (χ3n) is 4.17. The summed E-state index contributed by atoms with van der Waals surface area (Å²) in [7, 11) is 0. The Labute approximate surface area is 133 Å². The van der Waals surface area contributed by atoms with E-state index >= 15 is 0 Å². The van der Waals surface area contributed by atoms with Crippen LogP contribution in [-0.2, 0) is 6.42 Å². The maximum atomic E-state index is 12.7. The molecule has 108 valence electrons. The van der Waals surface area contributed by atoms with Gasteiger partial charge in [-0.25, -0.2) is 0 Å². The number of fused-ring (bicyclic) bond motifs is 3. The summed E-state index contributed by atoms with van der Waals surface area (Å²) in [6.07, 6.45) is 3.62. The standard InChI is InChI=1S/C19H14ClNO/c20-14-7-9-17-16(11-14)15-8-6-13(19(22)18(15)21-17)10-12-4-2-1-3-5-12/h1-5,7,9-11,21H,6,8H2/b13-10-. The van der Waals surface area contributed by atoms with Crippen molar-refractivity contribution >= 4 is 34.4 Å². The fourth-order valence-corrected chi connectivity index (χ4v) is 3.27. The first kappa shape index (κ1) is 13.4. The number of carbonyl (C=O) groups is 1. The summed E-state index contributed by atoms with van der Waals surface area (Å²) in [5, 5.41) is 1.77. The first-order valence-corrected chi connectivity index (χ1v) is 7.70. The number of carbonyl (C=O) groups excluding carboxylic acids is 1. The van der Waals surface area contributed by atoms with Crippen LogP contribution < -0.4 is 0 Å². The molecule has 0 radical (unpaired) electrons. The van der Waals surface area contributed by atoms with Gasteiger partial charge < -0.3 is 4.98 Å². The summed E-state index contributed by atoms with van der Waals surface area (Å²) in [6.45, 7) is 0. The largest absolute Gasteiger partial charge is 0.352 e. The molecule has 0 atom stereocenters. The first-order chi connectivity index (χ1) is 10.7. The molecular weight excluding hydrogens is 294 g/mol. The molecule has 22 heavy (non-hydrogen) atoms. The van der Waals surface area contributed by atoms with Crippen molar-refractivity contribution < 1.29 is 4.79 Å². The van der Waals surface area contributed by atoms with E-state index < -0.39 is 0 Å². The average Bonchev–Trinajstić information content (AvgIpc) is 2.90. The van der Waals surface area contributed by atoms with Crippen LogP contribution in [0.15, 0.2) is 54.1 Å². The van der Waals surface area contributed by atoms with Gasteiger partial charge in [-0.3, -0.25) is 4.79 Å². The molecule has 2 nitrogen and oxygen atoms in total. The minimum Gasteiger partial charge on any atom is -0.352 e. The van der Waals surface area contributed by atoms with E-state index in [0.717, 1.165) is 40.4 Å². The Morgan fingerprint density at radius 1 is 1.05 bits per heavy atom. The molecular formula is C19H14ClNO. The van der Waals surface area contributed by atoms with Crippen LogP contribution in [0.4, 0.5) is 0 Å². The van der Waals surface area contributed by atoms with Crippen molar-refractivity contribution in [1.82, 2.24) is 4.98 Å². The molecule has 3 heteroatoms. The molecule has 1 aromatic heterocycles. The Balaban J connectivity index is 1.81. The molecule has 0 aliphatic heterocycles. The van der Waals surface area contributed by atoms with Gasteiger partial charge in [0.05, 0.1) is 5.69 Å². The van der Waals surface area contributed by atoms with Gasteiger partial charge in [-0.1, -0.05) is 41.9 Å². The number of rotatable bonds is 1. The number of aromatic nitrogens is 1. The van der Waals surface area contributed by atoms with E-state index in [9.17, 15) is 4.79 Å². The van der Waals surface area contributed by atoms with Gasteiger partial charge in [-0.05, 0) is 48.2 Å². The van der Waals surface area contributed by atoms with Gasteiger partial charge in [0.15, 0.2) is 0 Å². The minimum atomic E-state index is 0.0948. The Hall–Kier alpha value is -2.32. The Bertz CT molecular complexity index is 906. The molecule has 3 aromatic rings. The van der Waals surface area contributed by atoms with E-state index in [2.05, 4.69) is 4.98 Å². The van der Waals surface area contributed by atoms with E-state index in [1.54, 1.807) is 0 Å². The fraction of sp³-hybridized carbons (Fsp3) is 0.105. The average molecular weight is 308 g/mol. The smallest absolute Gasteiger partial charge is 0.205 e. The van der Waals surface area contributed by atoms with Crippen molar-refractivity contribution in [3.8, 4) is 0 Å². The molecule has 1 heterocycles. The van der Waals surface area contributed by atoms with E-state index in [1.165, 1.54) is 0 Å². The molecule has 2 aromatic carbocycles. The summed E-state index contributed by atoms with van der Waals surface area (Å²) >= 11 is 6.08. The number of benzene rings is 2. The quantitative estimate of drug-likeness (QED) is 0.628. The Morgan fingerprint density at radius 2 is 1.86 bits per heavy atom. The lowest BCUT2D eigenvalue weighted by Gasteiger charge is -2.14. The number of hydrogen-bond acceptors (Lipinski definition) is 1. The first-order valence-electron chi connectivity index (χ1n) is 7.33. The summed E-state index contributed by atoms with van der Waals surface area (Å²) in [4.78, 5) is 16.0. The topological polar surface area (TPSA) is 32.9 Å². The second-order valence-electron chi connectivity index (χ2n) is 5.58. The third-order valence-corrected chi connectivity index (χ3v) is 4.41. The second-order valence-corrected chi connectivity index (χ2v) is 6.01. The van der Waals surface area contributed by atoms with Crippen molar-refractivity contribution in [2.75, 3.05) is 0 Å². The highest BCUT2D eigenvalue weighted by Crippen LogP contribution is 2.33. The van der Waals surface area contributed by atoms with Crippen LogP contribution in [0.3, 0.4) is 0 Å². The maximum absolute atomic E-state index is 12.7. The van der Waals surface area contributed by atoms with Crippen LogP contribution in [0.2, 0.25) is 5.02 Å². The number of allylic oxidation sites excluding steroid dienone is 1. The van der Waals surface area contributed by atoms with Crippen LogP contribution in [0.25, 0.3) is 17.0 Å². The number of Topliss-reactive ketones (excluding diaryl/α,β-unsaturated/α-hetero) is 1. The molecule has 4 rings (SSSR count). The van der Waals surface area contributed by atoms with Gasteiger partial charge in [-0.15, -0.1) is 0 Å². The second kappa shape index (κ2) is 5.15. The number of nitrogens with one attached hydrogen (secondary N) is 1. The molecule has 0 fully saturated rings. The van der Waals surface area contributed by atoms with Crippen molar-refractivity contribution in [2.24, 2.45) is 0 Å². The van der Waals surface area contributed by atoms with Gasteiger partial charge in [0.1, 0.15) is 0 Å². The van der Waals surface area contributed by atoms with Gasteiger partial charge >= 0.3 is 0 Å². The summed E-state index contributed by atoms with van der Waals surface area (Å²) in [5.41, 5.74) is 4.70. The Kier molecular flexibility index (Phi) is 3.12. The molecule has 1 N–H and O–H groups in total. The van der Waals surface area contributed by atoms with Crippen LogP contribution in [-0.4, -0.2) is 10.8 Å². The molecule has 0 unspecified atom stereocenters. The molecule has 0 bridgehead atoms. The third kappa shape index (κ3) is 2.16. The maximum Gasteiger partial charge on any atom is 0.205 e. The molecule has 1 aliphatic rings. The number of aryl methyl sites for hydroxylation is 1. The minimum absolute atomic E-state index is 0.0948. The molecule has 0 amide bonds. The predicted octanol–water partition coefficient (Wildman–Crippen LogP) is 5.03. The molecule has 0 saturated heterocycles. The number of halogens is 1. The summed E-state index contributed by atoms with van der Waals surface area (Å²) in [5.74, 6) is 0.0948. The lowest BCUT2D eigenvalue weighted by atomic mass is 9.89. The lowest BCUT2D eigenvalue weighted by Crippen LogP contribution is -2.13. The van der Waals surface area contributed by atoms with E-state index in [0.29, 0.717) is 10.7 Å². The molecule has 0 saturated carbocycles. The molecule has 1 aliphatic carbocycles. The fourth-order valence-electron chi connectivity index (χ4n) is 3.10. The number of ketones is 1. The number of aromatic amines is 1. The van der Waals surface area contributed by atoms with Crippen molar-refractivity contribution in [3.05, 3.63) is 75.9 Å². The lowest BCUT2D eigenvalue weighted by molar-refractivity contribution is 0.102.